The van der Waals surface area contributed by atoms with Gasteiger partial charge in [-0.2, -0.15) is 17.9 Å². The molecule has 13 heteroatoms. The molecule has 2 unspecified atom stereocenters. The number of halogens is 1. The smallest absolute Gasteiger partial charge is 0.208 e. The standard InChI is InChI=1S/C23H28ClN5O4S2.H2S/c1-3-15(13-32-33-35-29(2)25)9-10-27-23-18(12-26-14-28-23)21(31)19-11-17(22(24)34-19)20(30)16-7-5-4-6-8-16;/h4-8,11-12,14-15,20,30H,3,9-10,13,25H2,1-2H3,(H,26,27,28);1H2. The Morgan fingerprint density at radius 3 is 2.81 bits per heavy atom. The number of aliphatic hydroxyl groups excluding tert-OH is 1. The zero-order chi connectivity index (χ0) is 25.2. The molecule has 0 amide bonds. The fourth-order valence-corrected chi connectivity index (χ4v) is 4.73. The van der Waals surface area contributed by atoms with Gasteiger partial charge < -0.3 is 10.4 Å². The van der Waals surface area contributed by atoms with Gasteiger partial charge in [0.15, 0.2) is 0 Å². The Labute approximate surface area is 231 Å². The number of aromatic nitrogens is 2. The van der Waals surface area contributed by atoms with E-state index in [-0.39, 0.29) is 25.2 Å². The quantitative estimate of drug-likeness (QED) is 0.0474. The molecule has 4 N–H and O–H groups in total. The van der Waals surface area contributed by atoms with Crippen molar-refractivity contribution >= 4 is 60.3 Å². The van der Waals surface area contributed by atoms with Crippen LogP contribution >= 0.6 is 48.7 Å². The molecule has 0 fully saturated rings. The highest BCUT2D eigenvalue weighted by atomic mass is 35.5. The largest absolute Gasteiger partial charge is 0.384 e. The molecule has 2 atom stereocenters. The lowest BCUT2D eigenvalue weighted by Gasteiger charge is -2.16. The lowest BCUT2D eigenvalue weighted by molar-refractivity contribution is -0.204. The Balaban J connectivity index is 0.00000456. The topological polar surface area (TPSA) is 123 Å². The molecule has 0 radical (unpaired) electrons. The van der Waals surface area contributed by atoms with Gasteiger partial charge in [-0.15, -0.1) is 15.7 Å². The molecule has 0 aliphatic rings. The Morgan fingerprint density at radius 2 is 2.11 bits per heavy atom. The van der Waals surface area contributed by atoms with Crippen molar-refractivity contribution in [1.29, 1.82) is 0 Å². The van der Waals surface area contributed by atoms with Crippen molar-refractivity contribution in [2.75, 3.05) is 25.5 Å². The lowest BCUT2D eigenvalue weighted by atomic mass is 10.0. The van der Waals surface area contributed by atoms with Gasteiger partial charge in [0.05, 0.1) is 21.4 Å². The van der Waals surface area contributed by atoms with Gasteiger partial charge in [-0.3, -0.25) is 10.6 Å². The van der Waals surface area contributed by atoms with Gasteiger partial charge in [0.25, 0.3) is 0 Å². The third kappa shape index (κ3) is 8.68. The summed E-state index contributed by atoms with van der Waals surface area (Å²) in [5.74, 6) is 5.85. The predicted octanol–water partition coefficient (Wildman–Crippen LogP) is 4.76. The number of benzene rings is 1. The summed E-state index contributed by atoms with van der Waals surface area (Å²) in [7, 11) is 1.65. The molecule has 2 aromatic heterocycles. The van der Waals surface area contributed by atoms with E-state index in [4.69, 9.17) is 26.7 Å². The first-order chi connectivity index (χ1) is 16.9. The maximum absolute atomic E-state index is 13.3. The van der Waals surface area contributed by atoms with E-state index in [0.717, 1.165) is 36.4 Å². The van der Waals surface area contributed by atoms with Gasteiger partial charge in [-0.25, -0.2) is 14.9 Å². The number of carbonyl (C=O) groups excluding carboxylic acids is 1. The molecule has 9 nitrogen and oxygen atoms in total. The molecule has 0 saturated carbocycles. The van der Waals surface area contributed by atoms with Crippen LogP contribution in [0.25, 0.3) is 0 Å². The van der Waals surface area contributed by atoms with Crippen LogP contribution in [0.15, 0.2) is 48.9 Å². The number of nitrogens with one attached hydrogen (secondary N) is 1. The summed E-state index contributed by atoms with van der Waals surface area (Å²) in [6.45, 7) is 3.05. The maximum Gasteiger partial charge on any atom is 0.208 e. The molecule has 196 valence electrons. The zero-order valence-corrected chi connectivity index (χ0v) is 23.3. The summed E-state index contributed by atoms with van der Waals surface area (Å²) in [6, 6.07) is 10.8. The Hall–Kier alpha value is -1.74. The highest BCUT2D eigenvalue weighted by Crippen LogP contribution is 2.36. The summed E-state index contributed by atoms with van der Waals surface area (Å²) in [5, 5.41) is 14.0. The molecule has 36 heavy (non-hydrogen) atoms. The minimum Gasteiger partial charge on any atom is -0.384 e. The third-order valence-corrected chi connectivity index (χ3v) is 7.01. The fraction of sp³-hybridized carbons (Fsp3) is 0.348. The van der Waals surface area contributed by atoms with E-state index in [2.05, 4.69) is 22.2 Å². The summed E-state index contributed by atoms with van der Waals surface area (Å²) < 4.78 is 6.61. The number of carbonyl (C=O) groups is 1. The van der Waals surface area contributed by atoms with Gasteiger partial charge in [0.2, 0.25) is 5.78 Å². The second-order valence-corrected chi connectivity index (χ2v) is 10.2. The average molecular weight is 572 g/mol. The monoisotopic (exact) mass is 571 g/mol. The highest BCUT2D eigenvalue weighted by molar-refractivity contribution is 7.92. The number of anilines is 1. The molecule has 0 saturated heterocycles. The first-order valence-corrected chi connectivity index (χ1v) is 12.9. The second kappa shape index (κ2) is 15.5. The van der Waals surface area contributed by atoms with Crippen molar-refractivity contribution in [2.24, 2.45) is 11.8 Å². The van der Waals surface area contributed by atoms with Gasteiger partial charge in [-0.1, -0.05) is 55.3 Å². The van der Waals surface area contributed by atoms with E-state index in [9.17, 15) is 9.90 Å². The molecule has 0 spiro atoms. The van der Waals surface area contributed by atoms with Crippen molar-refractivity contribution in [3.8, 4) is 0 Å². The molecule has 2 heterocycles. The normalized spacial score (nSPS) is 12.7. The number of hydrazine groups is 1. The molecule has 0 aliphatic heterocycles. The average Bonchev–Trinajstić information content (AvgIpc) is 3.26. The molecule has 0 bridgehead atoms. The van der Waals surface area contributed by atoms with E-state index in [1.165, 1.54) is 16.9 Å². The van der Waals surface area contributed by atoms with Crippen LogP contribution in [0.4, 0.5) is 5.82 Å². The van der Waals surface area contributed by atoms with Crippen LogP contribution in [0, 0.1) is 5.92 Å². The Bertz CT molecular complexity index is 1090. The number of aliphatic hydroxyl groups is 1. The predicted molar refractivity (Wildman–Crippen MR) is 149 cm³/mol. The van der Waals surface area contributed by atoms with Crippen LogP contribution in [-0.4, -0.2) is 45.5 Å². The number of hydrogen-bond acceptors (Lipinski definition) is 11. The molecule has 1 aromatic carbocycles. The van der Waals surface area contributed by atoms with Crippen molar-refractivity contribution in [3.05, 3.63) is 74.8 Å². The number of nitrogens with zero attached hydrogens (tertiary/aromatic N) is 3. The zero-order valence-electron chi connectivity index (χ0n) is 19.9. The van der Waals surface area contributed by atoms with E-state index in [1.807, 2.05) is 30.3 Å². The number of hydrogen-bond donors (Lipinski definition) is 3. The molecule has 3 rings (SSSR count). The first kappa shape index (κ1) is 30.5. The highest BCUT2D eigenvalue weighted by Gasteiger charge is 2.23. The molecular weight excluding hydrogens is 542 g/mol. The number of rotatable bonds is 14. The summed E-state index contributed by atoms with van der Waals surface area (Å²) in [4.78, 5) is 27.1. The van der Waals surface area contributed by atoms with E-state index < -0.39 is 6.10 Å². The Morgan fingerprint density at radius 1 is 1.36 bits per heavy atom. The Kier molecular flexibility index (Phi) is 13.1. The summed E-state index contributed by atoms with van der Waals surface area (Å²) in [5.41, 5.74) is 1.52. The van der Waals surface area contributed by atoms with Gasteiger partial charge >= 0.3 is 0 Å². The number of ketones is 1. The first-order valence-electron chi connectivity index (χ1n) is 11.0. The lowest BCUT2D eigenvalue weighted by Crippen LogP contribution is -2.19. The summed E-state index contributed by atoms with van der Waals surface area (Å²) in [6.07, 6.45) is 3.61. The van der Waals surface area contributed by atoms with Crippen LogP contribution in [0.3, 0.4) is 0 Å². The minimum absolute atomic E-state index is 0. The molecule has 3 aromatic rings. The van der Waals surface area contributed by atoms with Gasteiger partial charge in [0, 0.05) is 25.4 Å². The minimum atomic E-state index is -0.924. The molecule has 0 aliphatic carbocycles. The van der Waals surface area contributed by atoms with E-state index in [1.54, 1.807) is 13.1 Å². The van der Waals surface area contributed by atoms with E-state index in [0.29, 0.717) is 44.9 Å². The van der Waals surface area contributed by atoms with Crippen molar-refractivity contribution in [3.63, 3.8) is 0 Å². The second-order valence-electron chi connectivity index (χ2n) is 7.73. The van der Waals surface area contributed by atoms with Crippen LogP contribution in [0.5, 0.6) is 0 Å². The van der Waals surface area contributed by atoms with Crippen molar-refractivity contribution < 1.29 is 19.1 Å². The maximum atomic E-state index is 13.3. The number of nitrogens with two attached hydrogens (primary N) is 1. The molecular formula is C23H30ClN5O4S3. The van der Waals surface area contributed by atoms with Crippen LogP contribution < -0.4 is 11.2 Å². The van der Waals surface area contributed by atoms with Gasteiger partial charge in [-0.05, 0) is 24.0 Å². The van der Waals surface area contributed by atoms with Gasteiger partial charge in [0.1, 0.15) is 30.5 Å². The third-order valence-electron chi connectivity index (χ3n) is 5.23. The van der Waals surface area contributed by atoms with E-state index >= 15 is 0 Å². The van der Waals surface area contributed by atoms with Crippen molar-refractivity contribution in [1.82, 2.24) is 14.4 Å². The SMILES string of the molecule is CCC(CCNc1ncncc1C(=O)c1cc(C(O)c2ccccc2)c(Cl)s1)COOSN(C)N.S. The van der Waals surface area contributed by atoms with Crippen LogP contribution in [0.1, 0.15) is 52.2 Å². The summed E-state index contributed by atoms with van der Waals surface area (Å²) >= 11 is 8.42. The number of thiophene rings is 1. The fourth-order valence-electron chi connectivity index (χ4n) is 3.26. The van der Waals surface area contributed by atoms with Crippen LogP contribution in [-0.2, 0) is 9.22 Å². The van der Waals surface area contributed by atoms with Crippen LogP contribution in [0.2, 0.25) is 4.34 Å². The van der Waals surface area contributed by atoms with Crippen molar-refractivity contribution in [2.45, 2.75) is 25.9 Å².